The van der Waals surface area contributed by atoms with E-state index in [-0.39, 0.29) is 11.7 Å². The minimum Gasteiger partial charge on any atom is -0.481 e. The summed E-state index contributed by atoms with van der Waals surface area (Å²) < 4.78 is 22.9. The maximum Gasteiger partial charge on any atom is 0.267 e. The van der Waals surface area contributed by atoms with Crippen molar-refractivity contribution in [2.75, 3.05) is 5.32 Å². The van der Waals surface area contributed by atoms with Crippen LogP contribution in [0.4, 0.5) is 9.52 Å². The van der Waals surface area contributed by atoms with Gasteiger partial charge in [-0.25, -0.2) is 4.39 Å². The Hall–Kier alpha value is -2.80. The zero-order valence-electron chi connectivity index (χ0n) is 14.4. The van der Waals surface area contributed by atoms with Gasteiger partial charge >= 0.3 is 0 Å². The first-order valence-corrected chi connectivity index (χ1v) is 8.96. The van der Waals surface area contributed by atoms with Crippen molar-refractivity contribution in [1.82, 2.24) is 9.36 Å². The zero-order valence-corrected chi connectivity index (χ0v) is 15.2. The monoisotopic (exact) mass is 371 g/mol. The van der Waals surface area contributed by atoms with E-state index in [9.17, 15) is 9.18 Å². The molecule has 0 aliphatic carbocycles. The highest BCUT2D eigenvalue weighted by Gasteiger charge is 2.20. The third kappa shape index (κ3) is 4.43. The molecule has 26 heavy (non-hydrogen) atoms. The fraction of sp³-hybridized carbons (Fsp3) is 0.211. The molecule has 7 heteroatoms. The number of aromatic nitrogens is 2. The van der Waals surface area contributed by atoms with Crippen molar-refractivity contribution in [2.45, 2.75) is 26.4 Å². The van der Waals surface area contributed by atoms with E-state index in [0.29, 0.717) is 23.1 Å². The molecule has 0 spiro atoms. The van der Waals surface area contributed by atoms with E-state index in [1.807, 2.05) is 38.1 Å². The second-order valence-electron chi connectivity index (χ2n) is 5.75. The van der Waals surface area contributed by atoms with Crippen molar-refractivity contribution >= 4 is 22.6 Å². The molecule has 2 aromatic carbocycles. The second-order valence-corrected chi connectivity index (χ2v) is 6.50. The van der Waals surface area contributed by atoms with E-state index in [0.717, 1.165) is 22.7 Å². The third-order valence-corrected chi connectivity index (χ3v) is 4.35. The van der Waals surface area contributed by atoms with E-state index >= 15 is 0 Å². The Labute approximate surface area is 155 Å². The summed E-state index contributed by atoms with van der Waals surface area (Å²) in [5.41, 5.74) is 2.04. The Morgan fingerprint density at radius 2 is 1.88 bits per heavy atom. The molecule has 5 nitrogen and oxygen atoms in total. The van der Waals surface area contributed by atoms with Crippen LogP contribution in [0.5, 0.6) is 5.75 Å². The first-order chi connectivity index (χ1) is 12.5. The Morgan fingerprint density at radius 1 is 1.19 bits per heavy atom. The highest BCUT2D eigenvalue weighted by atomic mass is 32.1. The standard InChI is InChI=1S/C19H18FN3O2S/c1-3-16(25-15-10-8-14(20)9-11-15)18(24)22-19-21-17(23-26-19)13-6-4-12(2)5-7-13/h4-11,16H,3H2,1-2H3,(H,21,22,23,24)/t16-/m0/s1. The summed E-state index contributed by atoms with van der Waals surface area (Å²) in [6.45, 7) is 3.85. The summed E-state index contributed by atoms with van der Waals surface area (Å²) in [6.07, 6.45) is -0.237. The predicted octanol–water partition coefficient (Wildman–Crippen LogP) is 4.45. The number of amides is 1. The molecule has 1 N–H and O–H groups in total. The highest BCUT2D eigenvalue weighted by molar-refractivity contribution is 7.10. The molecule has 1 heterocycles. The number of hydrogen-bond acceptors (Lipinski definition) is 5. The minimum atomic E-state index is -0.702. The average molecular weight is 371 g/mol. The predicted molar refractivity (Wildman–Crippen MR) is 99.8 cm³/mol. The first-order valence-electron chi connectivity index (χ1n) is 8.19. The SMILES string of the molecule is CC[C@H](Oc1ccc(F)cc1)C(=O)Nc1nc(-c2ccc(C)cc2)ns1. The molecule has 0 saturated heterocycles. The Bertz CT molecular complexity index is 879. The number of nitrogens with one attached hydrogen (secondary N) is 1. The third-order valence-electron chi connectivity index (χ3n) is 3.72. The molecule has 3 rings (SSSR count). The van der Waals surface area contributed by atoms with Gasteiger partial charge in [0, 0.05) is 17.1 Å². The molecule has 0 radical (unpaired) electrons. The number of ether oxygens (including phenoxy) is 1. The smallest absolute Gasteiger partial charge is 0.267 e. The zero-order chi connectivity index (χ0) is 18.5. The van der Waals surface area contributed by atoms with Gasteiger partial charge in [-0.15, -0.1) is 0 Å². The number of rotatable bonds is 6. The summed E-state index contributed by atoms with van der Waals surface area (Å²) >= 11 is 1.11. The van der Waals surface area contributed by atoms with Gasteiger partial charge in [0.1, 0.15) is 11.6 Å². The van der Waals surface area contributed by atoms with Gasteiger partial charge in [0.25, 0.3) is 5.91 Å². The fourth-order valence-electron chi connectivity index (χ4n) is 2.28. The van der Waals surface area contributed by atoms with E-state index in [2.05, 4.69) is 14.7 Å². The number of aryl methyl sites for hydroxylation is 1. The van der Waals surface area contributed by atoms with Gasteiger partial charge in [-0.05, 0) is 37.6 Å². The van der Waals surface area contributed by atoms with Crippen LogP contribution in [-0.2, 0) is 4.79 Å². The average Bonchev–Trinajstić information content (AvgIpc) is 3.10. The molecule has 0 saturated carbocycles. The van der Waals surface area contributed by atoms with Crippen molar-refractivity contribution < 1.29 is 13.9 Å². The molecule has 1 amide bonds. The summed E-state index contributed by atoms with van der Waals surface area (Å²) in [7, 11) is 0. The second kappa shape index (κ2) is 8.05. The molecule has 0 bridgehead atoms. The van der Waals surface area contributed by atoms with Gasteiger partial charge in [-0.2, -0.15) is 9.36 Å². The van der Waals surface area contributed by atoms with Crippen LogP contribution < -0.4 is 10.1 Å². The molecular weight excluding hydrogens is 353 g/mol. The Kier molecular flexibility index (Phi) is 5.58. The minimum absolute atomic E-state index is 0.316. The van der Waals surface area contributed by atoms with Gasteiger partial charge in [0.05, 0.1) is 0 Å². The van der Waals surface area contributed by atoms with E-state index < -0.39 is 6.10 Å². The molecule has 0 unspecified atom stereocenters. The number of hydrogen-bond donors (Lipinski definition) is 1. The van der Waals surface area contributed by atoms with Gasteiger partial charge in [0.15, 0.2) is 11.9 Å². The molecule has 0 fully saturated rings. The molecule has 134 valence electrons. The van der Waals surface area contributed by atoms with Crippen LogP contribution in [0, 0.1) is 12.7 Å². The summed E-state index contributed by atoms with van der Waals surface area (Å²) in [6, 6.07) is 13.4. The summed E-state index contributed by atoms with van der Waals surface area (Å²) in [5.74, 6) is 0.333. The number of benzene rings is 2. The van der Waals surface area contributed by atoms with Crippen LogP contribution in [0.15, 0.2) is 48.5 Å². The van der Waals surface area contributed by atoms with Gasteiger partial charge < -0.3 is 4.74 Å². The number of carbonyl (C=O) groups is 1. The summed E-state index contributed by atoms with van der Waals surface area (Å²) in [4.78, 5) is 16.8. The Balaban J connectivity index is 1.66. The molecular formula is C19H18FN3O2S. The lowest BCUT2D eigenvalue weighted by atomic mass is 10.1. The largest absolute Gasteiger partial charge is 0.481 e. The van der Waals surface area contributed by atoms with Crippen LogP contribution >= 0.6 is 11.5 Å². The van der Waals surface area contributed by atoms with E-state index in [1.165, 1.54) is 24.3 Å². The van der Waals surface area contributed by atoms with E-state index in [4.69, 9.17) is 4.74 Å². The van der Waals surface area contributed by atoms with Crippen LogP contribution in [0.3, 0.4) is 0 Å². The summed E-state index contributed by atoms with van der Waals surface area (Å²) in [5, 5.41) is 3.14. The number of nitrogens with zero attached hydrogens (tertiary/aromatic N) is 2. The molecule has 1 atom stereocenters. The molecule has 1 aromatic heterocycles. The van der Waals surface area contributed by atoms with Crippen molar-refractivity contribution in [3.05, 3.63) is 59.9 Å². The van der Waals surface area contributed by atoms with Crippen LogP contribution in [0.2, 0.25) is 0 Å². The number of halogens is 1. The van der Waals surface area contributed by atoms with Gasteiger partial charge in [-0.3, -0.25) is 10.1 Å². The normalized spacial score (nSPS) is 11.8. The van der Waals surface area contributed by atoms with Crippen LogP contribution in [-0.4, -0.2) is 21.4 Å². The molecule has 3 aromatic rings. The lowest BCUT2D eigenvalue weighted by molar-refractivity contribution is -0.122. The van der Waals surface area contributed by atoms with Crippen LogP contribution in [0.1, 0.15) is 18.9 Å². The molecule has 0 aliphatic rings. The maximum atomic E-state index is 13.0. The van der Waals surface area contributed by atoms with Gasteiger partial charge in [-0.1, -0.05) is 36.8 Å². The lowest BCUT2D eigenvalue weighted by Gasteiger charge is -2.16. The van der Waals surface area contributed by atoms with Crippen molar-refractivity contribution in [1.29, 1.82) is 0 Å². The van der Waals surface area contributed by atoms with Crippen LogP contribution in [0.25, 0.3) is 11.4 Å². The first kappa shape index (κ1) is 18.0. The number of anilines is 1. The quantitative estimate of drug-likeness (QED) is 0.695. The van der Waals surface area contributed by atoms with Crippen molar-refractivity contribution in [2.24, 2.45) is 0 Å². The van der Waals surface area contributed by atoms with Crippen molar-refractivity contribution in [3.63, 3.8) is 0 Å². The molecule has 0 aliphatic heterocycles. The Morgan fingerprint density at radius 3 is 2.54 bits per heavy atom. The number of carbonyl (C=O) groups excluding carboxylic acids is 1. The maximum absolute atomic E-state index is 13.0. The lowest BCUT2D eigenvalue weighted by Crippen LogP contribution is -2.32. The van der Waals surface area contributed by atoms with Crippen molar-refractivity contribution in [3.8, 4) is 17.1 Å². The highest BCUT2D eigenvalue weighted by Crippen LogP contribution is 2.22. The van der Waals surface area contributed by atoms with Gasteiger partial charge in [0.2, 0.25) is 5.13 Å². The topological polar surface area (TPSA) is 64.1 Å². The fourth-order valence-corrected chi connectivity index (χ4v) is 2.87. The van der Waals surface area contributed by atoms with E-state index in [1.54, 1.807) is 0 Å².